The van der Waals surface area contributed by atoms with E-state index >= 15 is 0 Å². The normalized spacial score (nSPS) is 16.1. The van der Waals surface area contributed by atoms with Gasteiger partial charge in [0.25, 0.3) is 0 Å². The van der Waals surface area contributed by atoms with Gasteiger partial charge in [0, 0.05) is 11.5 Å². The molecule has 1 aromatic heterocycles. The third-order valence-electron chi connectivity index (χ3n) is 3.85. The molecule has 0 saturated carbocycles. The first-order chi connectivity index (χ1) is 11.8. The van der Waals surface area contributed by atoms with Crippen molar-refractivity contribution < 1.29 is 17.6 Å². The molecule has 132 valence electrons. The average molecular weight is 361 g/mol. The lowest BCUT2D eigenvalue weighted by Crippen LogP contribution is -2.55. The highest BCUT2D eigenvalue weighted by Crippen LogP contribution is 2.21. The molecule has 7 heteroatoms. The minimum atomic E-state index is -3.48. The summed E-state index contributed by atoms with van der Waals surface area (Å²) in [5, 5.41) is 1.20. The maximum atomic E-state index is 12.3. The number of rotatable bonds is 5. The first-order valence-electron chi connectivity index (χ1n) is 7.85. The molecule has 0 unspecified atom stereocenters. The maximum Gasteiger partial charge on any atom is 0.339 e. The number of hydrogen-bond donors (Lipinski definition) is 0. The van der Waals surface area contributed by atoms with E-state index in [9.17, 15) is 13.2 Å². The lowest BCUT2D eigenvalue weighted by Gasteiger charge is -2.36. The summed E-state index contributed by atoms with van der Waals surface area (Å²) in [6.45, 7) is 4.13. The monoisotopic (exact) mass is 361 g/mol. The van der Waals surface area contributed by atoms with Crippen molar-refractivity contribution in [1.29, 1.82) is 0 Å². The molecule has 0 aliphatic carbocycles. The fourth-order valence-corrected chi connectivity index (χ4v) is 3.70. The highest BCUT2D eigenvalue weighted by atomic mass is 32.2. The van der Waals surface area contributed by atoms with Gasteiger partial charge in [0.2, 0.25) is 10.0 Å². The van der Waals surface area contributed by atoms with Crippen LogP contribution in [0.4, 0.5) is 0 Å². The quantitative estimate of drug-likeness (QED) is 0.817. The molecule has 1 aromatic carbocycles. The highest BCUT2D eigenvalue weighted by molar-refractivity contribution is 7.92. The summed E-state index contributed by atoms with van der Waals surface area (Å²) in [6.07, 6.45) is 1.30. The summed E-state index contributed by atoms with van der Waals surface area (Å²) in [7, 11) is -3.48. The van der Waals surface area contributed by atoms with Crippen LogP contribution in [-0.2, 0) is 10.0 Å². The van der Waals surface area contributed by atoms with Gasteiger partial charge in [-0.2, -0.15) is 4.31 Å². The number of ether oxygens (including phenoxy) is 1. The largest absolute Gasteiger partial charge is 0.487 e. The fourth-order valence-electron chi connectivity index (χ4n) is 2.45. The van der Waals surface area contributed by atoms with Crippen LogP contribution in [0.1, 0.15) is 16.9 Å². The fraction of sp³-hybridized carbons (Fsp3) is 0.278. The summed E-state index contributed by atoms with van der Waals surface area (Å²) in [6, 6.07) is 10.5. The Morgan fingerprint density at radius 3 is 2.48 bits per heavy atom. The minimum absolute atomic E-state index is 0.250. The number of aryl methyl sites for hydroxylation is 2. The molecule has 1 fully saturated rings. The Hall–Kier alpha value is -2.38. The van der Waals surface area contributed by atoms with Crippen LogP contribution in [0.15, 0.2) is 51.0 Å². The van der Waals surface area contributed by atoms with Crippen LogP contribution < -0.4 is 10.4 Å². The summed E-state index contributed by atoms with van der Waals surface area (Å²) < 4.78 is 36.4. The van der Waals surface area contributed by atoms with E-state index in [1.807, 2.05) is 31.2 Å². The summed E-state index contributed by atoms with van der Waals surface area (Å²) in [4.78, 5) is 11.3. The van der Waals surface area contributed by atoms with Crippen molar-refractivity contribution in [3.63, 3.8) is 0 Å². The molecular formula is C18H19NO5S. The van der Waals surface area contributed by atoms with Gasteiger partial charge in [0.15, 0.2) is 0 Å². The van der Waals surface area contributed by atoms with E-state index < -0.39 is 15.6 Å². The Balaban J connectivity index is 1.59. The lowest BCUT2D eigenvalue weighted by atomic mass is 10.2. The van der Waals surface area contributed by atoms with E-state index in [4.69, 9.17) is 9.15 Å². The SMILES string of the molecule is Cc1ccc(/C=C/S(=O)(=O)N2CC(Oc3cc(C)oc(=O)c3)C2)cc1. The van der Waals surface area contributed by atoms with Crippen molar-refractivity contribution >= 4 is 16.1 Å². The molecule has 1 aliphatic rings. The Morgan fingerprint density at radius 2 is 1.84 bits per heavy atom. The van der Waals surface area contributed by atoms with Gasteiger partial charge in [-0.05, 0) is 25.5 Å². The molecule has 0 N–H and O–H groups in total. The van der Waals surface area contributed by atoms with Crippen molar-refractivity contribution in [1.82, 2.24) is 4.31 Å². The zero-order valence-corrected chi connectivity index (χ0v) is 14.8. The second kappa shape index (κ2) is 6.85. The van der Waals surface area contributed by atoms with Gasteiger partial charge in [0.05, 0.1) is 19.2 Å². The molecule has 0 atom stereocenters. The molecule has 25 heavy (non-hydrogen) atoms. The molecule has 0 amide bonds. The molecule has 0 bridgehead atoms. The maximum absolute atomic E-state index is 12.3. The number of benzene rings is 1. The van der Waals surface area contributed by atoms with Crippen LogP contribution in [0.3, 0.4) is 0 Å². The Labute approximate surface area is 146 Å². The van der Waals surface area contributed by atoms with Crippen molar-refractivity contribution in [2.75, 3.05) is 13.1 Å². The standard InChI is InChI=1S/C18H19NO5S/c1-13-3-5-15(6-4-13)7-8-25(21,22)19-11-17(12-19)24-16-9-14(2)23-18(20)10-16/h3-10,17H,11-12H2,1-2H3/b8-7+. The molecular weight excluding hydrogens is 342 g/mol. The van der Waals surface area contributed by atoms with Gasteiger partial charge in [-0.25, -0.2) is 13.2 Å². The van der Waals surface area contributed by atoms with Crippen LogP contribution in [0, 0.1) is 13.8 Å². The van der Waals surface area contributed by atoms with E-state index in [-0.39, 0.29) is 19.2 Å². The minimum Gasteiger partial charge on any atom is -0.487 e. The zero-order valence-electron chi connectivity index (χ0n) is 14.0. The van der Waals surface area contributed by atoms with Gasteiger partial charge in [-0.15, -0.1) is 0 Å². The van der Waals surface area contributed by atoms with Gasteiger partial charge in [-0.1, -0.05) is 29.8 Å². The van der Waals surface area contributed by atoms with Gasteiger partial charge >= 0.3 is 5.63 Å². The van der Waals surface area contributed by atoms with E-state index in [0.29, 0.717) is 11.5 Å². The lowest BCUT2D eigenvalue weighted by molar-refractivity contribution is 0.0763. The summed E-state index contributed by atoms with van der Waals surface area (Å²) >= 11 is 0. The topological polar surface area (TPSA) is 76.8 Å². The van der Waals surface area contributed by atoms with E-state index in [0.717, 1.165) is 11.1 Å². The molecule has 3 rings (SSSR count). The van der Waals surface area contributed by atoms with Crippen molar-refractivity contribution in [2.24, 2.45) is 0 Å². The number of sulfonamides is 1. The Bertz CT molecular complexity index is 938. The molecule has 6 nitrogen and oxygen atoms in total. The van der Waals surface area contributed by atoms with Gasteiger partial charge in [0.1, 0.15) is 17.6 Å². The third kappa shape index (κ3) is 4.37. The molecule has 0 radical (unpaired) electrons. The van der Waals surface area contributed by atoms with Crippen molar-refractivity contribution in [3.8, 4) is 5.75 Å². The third-order valence-corrected chi connectivity index (χ3v) is 5.35. The van der Waals surface area contributed by atoms with Crippen molar-refractivity contribution in [3.05, 3.63) is 69.1 Å². The smallest absolute Gasteiger partial charge is 0.339 e. The second-order valence-corrected chi connectivity index (χ2v) is 7.86. The van der Waals surface area contributed by atoms with Crippen LogP contribution in [0.25, 0.3) is 6.08 Å². The second-order valence-electron chi connectivity index (χ2n) is 6.04. The van der Waals surface area contributed by atoms with E-state index in [1.165, 1.54) is 15.8 Å². The molecule has 0 spiro atoms. The first-order valence-corrected chi connectivity index (χ1v) is 9.35. The van der Waals surface area contributed by atoms with Crippen LogP contribution in [0.5, 0.6) is 5.75 Å². The summed E-state index contributed by atoms with van der Waals surface area (Å²) in [5.74, 6) is 0.846. The van der Waals surface area contributed by atoms with Gasteiger partial charge in [-0.3, -0.25) is 0 Å². The zero-order chi connectivity index (χ0) is 18.0. The van der Waals surface area contributed by atoms with Crippen molar-refractivity contribution in [2.45, 2.75) is 20.0 Å². The highest BCUT2D eigenvalue weighted by Gasteiger charge is 2.36. The molecule has 2 heterocycles. The number of nitrogens with zero attached hydrogens (tertiary/aromatic N) is 1. The average Bonchev–Trinajstić information content (AvgIpc) is 2.49. The Kier molecular flexibility index (Phi) is 4.78. The number of hydrogen-bond acceptors (Lipinski definition) is 5. The van der Waals surface area contributed by atoms with E-state index in [1.54, 1.807) is 19.1 Å². The molecule has 1 saturated heterocycles. The van der Waals surface area contributed by atoms with Crippen LogP contribution in [0.2, 0.25) is 0 Å². The van der Waals surface area contributed by atoms with Crippen LogP contribution in [-0.4, -0.2) is 31.9 Å². The first kappa shape index (κ1) is 17.4. The van der Waals surface area contributed by atoms with Crippen LogP contribution >= 0.6 is 0 Å². The predicted octanol–water partition coefficient (Wildman–Crippen LogP) is 2.32. The van der Waals surface area contributed by atoms with E-state index in [2.05, 4.69) is 0 Å². The molecule has 1 aliphatic heterocycles. The predicted molar refractivity (Wildman–Crippen MR) is 94.8 cm³/mol. The Morgan fingerprint density at radius 1 is 1.16 bits per heavy atom. The molecule has 2 aromatic rings. The van der Waals surface area contributed by atoms with Gasteiger partial charge < -0.3 is 9.15 Å². The summed E-state index contributed by atoms with van der Waals surface area (Å²) in [5.41, 5.74) is 1.46.